The normalized spacial score (nSPS) is 12.6. The predicted octanol–water partition coefficient (Wildman–Crippen LogP) is 1.56. The summed E-state index contributed by atoms with van der Waals surface area (Å²) >= 11 is 0. The highest BCUT2D eigenvalue weighted by Gasteiger charge is 2.20. The molecule has 88 valence electrons. The van der Waals surface area contributed by atoms with Crippen molar-refractivity contribution in [3.63, 3.8) is 0 Å². The van der Waals surface area contributed by atoms with Crippen LogP contribution in [0.3, 0.4) is 0 Å². The molecule has 0 aliphatic heterocycles. The molecule has 0 radical (unpaired) electrons. The molecule has 3 N–H and O–H groups in total. The minimum Gasteiger partial charge on any atom is -0.330 e. The molecule has 0 fully saturated rings. The number of amides is 1. The van der Waals surface area contributed by atoms with Gasteiger partial charge in [-0.1, -0.05) is 13.8 Å². The lowest BCUT2D eigenvalue weighted by Gasteiger charge is -2.18. The largest absolute Gasteiger partial charge is 0.330 e. The second-order valence-corrected chi connectivity index (χ2v) is 4.27. The maximum absolute atomic E-state index is 11.9. The maximum Gasteiger partial charge on any atom is 0.229 e. The number of nitrogens with zero attached hydrogens (tertiary/aromatic N) is 1. The van der Waals surface area contributed by atoms with Gasteiger partial charge in [0.05, 0.1) is 17.8 Å². The second-order valence-electron chi connectivity index (χ2n) is 4.27. The van der Waals surface area contributed by atoms with Gasteiger partial charge in [0.1, 0.15) is 0 Å². The first kappa shape index (κ1) is 12.6. The SMILES string of the molecule is Cc1ccncc1NC(=O)C(CN)C(C)C. The number of hydrogen-bond acceptors (Lipinski definition) is 3. The summed E-state index contributed by atoms with van der Waals surface area (Å²) in [6.07, 6.45) is 3.36. The third kappa shape index (κ3) is 3.03. The molecule has 1 amide bonds. The first-order valence-electron chi connectivity index (χ1n) is 5.47. The minimum atomic E-state index is -0.153. The average Bonchev–Trinajstić information content (AvgIpc) is 2.22. The van der Waals surface area contributed by atoms with Gasteiger partial charge in [0.2, 0.25) is 5.91 Å². The molecule has 0 bridgehead atoms. The van der Waals surface area contributed by atoms with Crippen molar-refractivity contribution >= 4 is 11.6 Å². The van der Waals surface area contributed by atoms with E-state index >= 15 is 0 Å². The average molecular weight is 221 g/mol. The van der Waals surface area contributed by atoms with Gasteiger partial charge >= 0.3 is 0 Å². The van der Waals surface area contributed by atoms with Crippen LogP contribution in [0.25, 0.3) is 0 Å². The number of anilines is 1. The number of carbonyl (C=O) groups is 1. The highest BCUT2D eigenvalue weighted by molar-refractivity contribution is 5.93. The molecule has 4 heteroatoms. The van der Waals surface area contributed by atoms with E-state index in [2.05, 4.69) is 10.3 Å². The van der Waals surface area contributed by atoms with Gasteiger partial charge in [0.15, 0.2) is 0 Å². The monoisotopic (exact) mass is 221 g/mol. The van der Waals surface area contributed by atoms with Crippen LogP contribution in [0.5, 0.6) is 0 Å². The van der Waals surface area contributed by atoms with Crippen molar-refractivity contribution in [2.75, 3.05) is 11.9 Å². The highest BCUT2D eigenvalue weighted by atomic mass is 16.1. The fourth-order valence-corrected chi connectivity index (χ4v) is 1.50. The number of nitrogens with one attached hydrogen (secondary N) is 1. The van der Waals surface area contributed by atoms with Crippen molar-refractivity contribution in [1.82, 2.24) is 4.98 Å². The van der Waals surface area contributed by atoms with Crippen LogP contribution < -0.4 is 11.1 Å². The number of aryl methyl sites for hydroxylation is 1. The number of rotatable bonds is 4. The molecule has 0 aliphatic rings. The van der Waals surface area contributed by atoms with E-state index in [1.807, 2.05) is 26.8 Å². The Labute approximate surface area is 96.3 Å². The van der Waals surface area contributed by atoms with E-state index < -0.39 is 0 Å². The third-order valence-corrected chi connectivity index (χ3v) is 2.69. The molecule has 16 heavy (non-hydrogen) atoms. The van der Waals surface area contributed by atoms with E-state index in [4.69, 9.17) is 5.73 Å². The van der Waals surface area contributed by atoms with Gasteiger partial charge in [0.25, 0.3) is 0 Å². The summed E-state index contributed by atoms with van der Waals surface area (Å²) in [5.41, 5.74) is 7.35. The summed E-state index contributed by atoms with van der Waals surface area (Å²) in [5, 5.41) is 2.86. The number of nitrogens with two attached hydrogens (primary N) is 1. The number of pyridine rings is 1. The van der Waals surface area contributed by atoms with Crippen molar-refractivity contribution in [2.24, 2.45) is 17.6 Å². The van der Waals surface area contributed by atoms with Crippen LogP contribution in [0.4, 0.5) is 5.69 Å². The van der Waals surface area contributed by atoms with Crippen LogP contribution in [-0.4, -0.2) is 17.4 Å². The fraction of sp³-hybridized carbons (Fsp3) is 0.500. The van der Waals surface area contributed by atoms with Gasteiger partial charge in [0, 0.05) is 12.7 Å². The molecule has 4 nitrogen and oxygen atoms in total. The summed E-state index contributed by atoms with van der Waals surface area (Å²) in [6.45, 7) is 6.29. The van der Waals surface area contributed by atoms with Gasteiger partial charge in [-0.2, -0.15) is 0 Å². The summed E-state index contributed by atoms with van der Waals surface area (Å²) in [7, 11) is 0. The van der Waals surface area contributed by atoms with E-state index in [0.717, 1.165) is 11.3 Å². The Morgan fingerprint density at radius 2 is 2.25 bits per heavy atom. The van der Waals surface area contributed by atoms with Crippen LogP contribution in [0, 0.1) is 18.8 Å². The highest BCUT2D eigenvalue weighted by Crippen LogP contribution is 2.16. The van der Waals surface area contributed by atoms with E-state index in [-0.39, 0.29) is 17.7 Å². The predicted molar refractivity (Wildman–Crippen MR) is 65.0 cm³/mol. The smallest absolute Gasteiger partial charge is 0.229 e. The molecule has 0 aliphatic carbocycles. The molecular formula is C12H19N3O. The van der Waals surface area contributed by atoms with Crippen molar-refractivity contribution in [1.29, 1.82) is 0 Å². The number of aromatic nitrogens is 1. The summed E-state index contributed by atoms with van der Waals surface area (Å²) in [6, 6.07) is 1.86. The topological polar surface area (TPSA) is 68.0 Å². The molecule has 1 rings (SSSR count). The van der Waals surface area contributed by atoms with Gasteiger partial charge in [-0.25, -0.2) is 0 Å². The van der Waals surface area contributed by atoms with Crippen molar-refractivity contribution in [3.8, 4) is 0 Å². The van der Waals surface area contributed by atoms with Crippen molar-refractivity contribution in [2.45, 2.75) is 20.8 Å². The first-order chi connectivity index (χ1) is 7.56. The molecule has 1 aromatic rings. The zero-order valence-electron chi connectivity index (χ0n) is 10.0. The Kier molecular flexibility index (Phi) is 4.43. The van der Waals surface area contributed by atoms with Gasteiger partial charge in [-0.3, -0.25) is 9.78 Å². The summed E-state index contributed by atoms with van der Waals surface area (Å²) in [5.74, 6) is 0.0511. The lowest BCUT2D eigenvalue weighted by Crippen LogP contribution is -2.33. The first-order valence-corrected chi connectivity index (χ1v) is 5.47. The van der Waals surface area contributed by atoms with E-state index in [1.165, 1.54) is 0 Å². The van der Waals surface area contributed by atoms with Crippen LogP contribution in [0.15, 0.2) is 18.5 Å². The molecule has 0 saturated carbocycles. The van der Waals surface area contributed by atoms with Crippen LogP contribution >= 0.6 is 0 Å². The van der Waals surface area contributed by atoms with Gasteiger partial charge < -0.3 is 11.1 Å². The molecule has 0 aromatic carbocycles. The second kappa shape index (κ2) is 5.61. The Hall–Kier alpha value is -1.42. The molecule has 1 unspecified atom stereocenters. The Morgan fingerprint density at radius 1 is 1.56 bits per heavy atom. The van der Waals surface area contributed by atoms with Crippen LogP contribution in [-0.2, 0) is 4.79 Å². The minimum absolute atomic E-state index is 0.0337. The molecule has 0 saturated heterocycles. The molecular weight excluding hydrogens is 202 g/mol. The molecule has 1 atom stereocenters. The van der Waals surface area contributed by atoms with Gasteiger partial charge in [-0.05, 0) is 24.5 Å². The number of hydrogen-bond donors (Lipinski definition) is 2. The zero-order chi connectivity index (χ0) is 12.1. The third-order valence-electron chi connectivity index (χ3n) is 2.69. The maximum atomic E-state index is 11.9. The fourth-order valence-electron chi connectivity index (χ4n) is 1.50. The summed E-state index contributed by atoms with van der Waals surface area (Å²) in [4.78, 5) is 15.9. The molecule has 0 spiro atoms. The Balaban J connectivity index is 2.74. The summed E-state index contributed by atoms with van der Waals surface area (Å²) < 4.78 is 0. The van der Waals surface area contributed by atoms with E-state index in [0.29, 0.717) is 6.54 Å². The lowest BCUT2D eigenvalue weighted by atomic mass is 9.95. The standard InChI is InChI=1S/C12H19N3O/c1-8(2)10(6-13)12(16)15-11-7-14-5-4-9(11)3/h4-5,7-8,10H,6,13H2,1-3H3,(H,15,16). The molecule has 1 aromatic heterocycles. The quantitative estimate of drug-likeness (QED) is 0.810. The van der Waals surface area contributed by atoms with Crippen LogP contribution in [0.1, 0.15) is 19.4 Å². The Morgan fingerprint density at radius 3 is 2.75 bits per heavy atom. The van der Waals surface area contributed by atoms with Gasteiger partial charge in [-0.15, -0.1) is 0 Å². The van der Waals surface area contributed by atoms with Crippen molar-refractivity contribution in [3.05, 3.63) is 24.0 Å². The number of carbonyl (C=O) groups excluding carboxylic acids is 1. The lowest BCUT2D eigenvalue weighted by molar-refractivity contribution is -0.120. The molecule has 1 heterocycles. The van der Waals surface area contributed by atoms with E-state index in [1.54, 1.807) is 12.4 Å². The van der Waals surface area contributed by atoms with Crippen LogP contribution in [0.2, 0.25) is 0 Å². The van der Waals surface area contributed by atoms with E-state index in [9.17, 15) is 4.79 Å². The Bertz CT molecular complexity index is 363. The zero-order valence-corrected chi connectivity index (χ0v) is 10.0. The van der Waals surface area contributed by atoms with Crippen molar-refractivity contribution < 1.29 is 4.79 Å².